The van der Waals surface area contributed by atoms with Crippen LogP contribution in [0, 0.1) is 0 Å². The quantitative estimate of drug-likeness (QED) is 0.852. The van der Waals surface area contributed by atoms with Gasteiger partial charge in [0.25, 0.3) is 0 Å². The fourth-order valence-electron chi connectivity index (χ4n) is 2.47. The Morgan fingerprint density at radius 3 is 3.00 bits per heavy atom. The number of hydrogen-bond acceptors (Lipinski definition) is 4. The molecule has 0 unspecified atom stereocenters. The first-order chi connectivity index (χ1) is 10.1. The molecule has 0 saturated carbocycles. The van der Waals surface area contributed by atoms with Gasteiger partial charge in [0.1, 0.15) is 0 Å². The van der Waals surface area contributed by atoms with Crippen LogP contribution in [0.5, 0.6) is 0 Å². The number of amides is 1. The predicted octanol–water partition coefficient (Wildman–Crippen LogP) is 1.06. The summed E-state index contributed by atoms with van der Waals surface area (Å²) in [5.74, 6) is 0.149. The summed E-state index contributed by atoms with van der Waals surface area (Å²) in [5.41, 5.74) is 0. The summed E-state index contributed by atoms with van der Waals surface area (Å²) < 4.78 is 7.50. The van der Waals surface area contributed by atoms with E-state index < -0.39 is 0 Å². The minimum atomic E-state index is 0.149. The molecule has 1 aliphatic rings. The third kappa shape index (κ3) is 4.28. The Hall–Kier alpha value is -1.40. The number of carbonyl (C=O) groups is 1. The van der Waals surface area contributed by atoms with E-state index in [-0.39, 0.29) is 24.1 Å². The van der Waals surface area contributed by atoms with E-state index >= 15 is 0 Å². The fourth-order valence-corrected chi connectivity index (χ4v) is 2.47. The summed E-state index contributed by atoms with van der Waals surface area (Å²) in [6.07, 6.45) is 4.85. The van der Waals surface area contributed by atoms with Crippen molar-refractivity contribution in [3.05, 3.63) is 18.5 Å². The lowest BCUT2D eigenvalue weighted by Gasteiger charge is -2.33. The highest BCUT2D eigenvalue weighted by atomic mass is 16.5. The number of carbonyl (C=O) groups excluding carboxylic acids is 1. The SMILES string of the molecule is CC[C@@H]1CN(C(=O)CN[C@H](C)[C@@H](C)n2cccn2)CCO1. The Kier molecular flexibility index (Phi) is 5.76. The number of morpholine rings is 1. The van der Waals surface area contributed by atoms with E-state index in [9.17, 15) is 4.79 Å². The second-order valence-electron chi connectivity index (χ2n) is 5.64. The van der Waals surface area contributed by atoms with Gasteiger partial charge in [-0.3, -0.25) is 9.48 Å². The molecular weight excluding hydrogens is 268 g/mol. The summed E-state index contributed by atoms with van der Waals surface area (Å²) in [7, 11) is 0. The van der Waals surface area contributed by atoms with Crippen molar-refractivity contribution in [2.45, 2.75) is 45.4 Å². The van der Waals surface area contributed by atoms with Crippen LogP contribution in [0.1, 0.15) is 33.2 Å². The zero-order chi connectivity index (χ0) is 15.2. The van der Waals surface area contributed by atoms with Gasteiger partial charge in [0.2, 0.25) is 5.91 Å². The molecule has 0 spiro atoms. The van der Waals surface area contributed by atoms with Crippen LogP contribution < -0.4 is 5.32 Å². The van der Waals surface area contributed by atoms with Crippen LogP contribution in [0.4, 0.5) is 0 Å². The van der Waals surface area contributed by atoms with E-state index in [0.717, 1.165) is 6.42 Å². The highest BCUT2D eigenvalue weighted by Gasteiger charge is 2.23. The predicted molar refractivity (Wildman–Crippen MR) is 81.0 cm³/mol. The van der Waals surface area contributed by atoms with Crippen LogP contribution in [-0.4, -0.2) is 59.0 Å². The van der Waals surface area contributed by atoms with Gasteiger partial charge < -0.3 is 15.0 Å². The number of ether oxygens (including phenoxy) is 1. The van der Waals surface area contributed by atoms with E-state index in [0.29, 0.717) is 26.2 Å². The molecule has 118 valence electrons. The number of hydrogen-bond donors (Lipinski definition) is 1. The largest absolute Gasteiger partial charge is 0.375 e. The van der Waals surface area contributed by atoms with Gasteiger partial charge in [0.05, 0.1) is 25.3 Å². The van der Waals surface area contributed by atoms with Crippen molar-refractivity contribution >= 4 is 5.91 Å². The van der Waals surface area contributed by atoms with Crippen LogP contribution >= 0.6 is 0 Å². The first-order valence-electron chi connectivity index (χ1n) is 7.73. The van der Waals surface area contributed by atoms with Crippen molar-refractivity contribution in [2.75, 3.05) is 26.2 Å². The standard InChI is InChI=1S/C15H26N4O2/c1-4-14-11-18(8-9-21-14)15(20)10-16-12(2)13(3)19-7-5-6-17-19/h5-7,12-14,16H,4,8-11H2,1-3H3/t12-,13-,14-/m1/s1. The van der Waals surface area contributed by atoms with Gasteiger partial charge in [-0.2, -0.15) is 5.10 Å². The molecule has 1 aliphatic heterocycles. The van der Waals surface area contributed by atoms with E-state index in [1.807, 2.05) is 21.8 Å². The molecule has 0 aliphatic carbocycles. The normalized spacial score (nSPS) is 22.0. The lowest BCUT2D eigenvalue weighted by Crippen LogP contribution is -2.49. The fraction of sp³-hybridized carbons (Fsp3) is 0.733. The molecule has 1 saturated heterocycles. The Bertz CT molecular complexity index is 435. The lowest BCUT2D eigenvalue weighted by molar-refractivity contribution is -0.138. The van der Waals surface area contributed by atoms with Crippen molar-refractivity contribution < 1.29 is 9.53 Å². The summed E-state index contributed by atoms with van der Waals surface area (Å²) >= 11 is 0. The van der Waals surface area contributed by atoms with Gasteiger partial charge in [-0.05, 0) is 26.3 Å². The van der Waals surface area contributed by atoms with Crippen LogP contribution in [0.2, 0.25) is 0 Å². The third-order valence-corrected chi connectivity index (χ3v) is 4.19. The zero-order valence-corrected chi connectivity index (χ0v) is 13.2. The third-order valence-electron chi connectivity index (χ3n) is 4.19. The smallest absolute Gasteiger partial charge is 0.236 e. The van der Waals surface area contributed by atoms with E-state index in [1.54, 1.807) is 6.20 Å². The maximum absolute atomic E-state index is 12.3. The monoisotopic (exact) mass is 294 g/mol. The Morgan fingerprint density at radius 2 is 2.33 bits per heavy atom. The molecule has 0 bridgehead atoms. The summed E-state index contributed by atoms with van der Waals surface area (Å²) in [5, 5.41) is 7.55. The van der Waals surface area contributed by atoms with Crippen LogP contribution in [0.25, 0.3) is 0 Å². The van der Waals surface area contributed by atoms with E-state index in [4.69, 9.17) is 4.74 Å². The average Bonchev–Trinajstić information content (AvgIpc) is 3.05. The molecule has 0 aromatic carbocycles. The molecule has 1 aromatic heterocycles. The lowest BCUT2D eigenvalue weighted by atomic mass is 10.1. The number of nitrogens with zero attached hydrogens (tertiary/aromatic N) is 3. The van der Waals surface area contributed by atoms with Crippen molar-refractivity contribution in [2.24, 2.45) is 0 Å². The number of rotatable bonds is 6. The minimum Gasteiger partial charge on any atom is -0.375 e. The molecule has 3 atom stereocenters. The maximum Gasteiger partial charge on any atom is 0.236 e. The molecule has 1 fully saturated rings. The van der Waals surface area contributed by atoms with E-state index in [2.05, 4.69) is 31.2 Å². The highest BCUT2D eigenvalue weighted by molar-refractivity contribution is 5.78. The summed E-state index contributed by atoms with van der Waals surface area (Å²) in [4.78, 5) is 14.2. The first kappa shape index (κ1) is 16.0. The Morgan fingerprint density at radius 1 is 1.52 bits per heavy atom. The highest BCUT2D eigenvalue weighted by Crippen LogP contribution is 2.10. The zero-order valence-electron chi connectivity index (χ0n) is 13.2. The minimum absolute atomic E-state index is 0.149. The van der Waals surface area contributed by atoms with Gasteiger partial charge in [-0.15, -0.1) is 0 Å². The molecular formula is C15H26N4O2. The molecule has 2 heterocycles. The summed E-state index contributed by atoms with van der Waals surface area (Å²) in [6.45, 7) is 8.67. The van der Waals surface area contributed by atoms with Crippen molar-refractivity contribution in [3.63, 3.8) is 0 Å². The van der Waals surface area contributed by atoms with Crippen molar-refractivity contribution in [1.82, 2.24) is 20.0 Å². The molecule has 1 N–H and O–H groups in total. The average molecular weight is 294 g/mol. The molecule has 1 aromatic rings. The molecule has 21 heavy (non-hydrogen) atoms. The van der Waals surface area contributed by atoms with Gasteiger partial charge in [0.15, 0.2) is 0 Å². The first-order valence-corrected chi connectivity index (χ1v) is 7.73. The van der Waals surface area contributed by atoms with Crippen LogP contribution in [-0.2, 0) is 9.53 Å². The van der Waals surface area contributed by atoms with E-state index in [1.165, 1.54) is 0 Å². The second-order valence-corrected chi connectivity index (χ2v) is 5.64. The summed E-state index contributed by atoms with van der Waals surface area (Å²) in [6, 6.07) is 2.30. The van der Waals surface area contributed by atoms with Crippen molar-refractivity contribution in [1.29, 1.82) is 0 Å². The van der Waals surface area contributed by atoms with Gasteiger partial charge in [-0.1, -0.05) is 6.92 Å². The second kappa shape index (κ2) is 7.56. The Balaban J connectivity index is 1.78. The van der Waals surface area contributed by atoms with Gasteiger partial charge in [0, 0.05) is 31.5 Å². The van der Waals surface area contributed by atoms with Crippen LogP contribution in [0.15, 0.2) is 18.5 Å². The molecule has 2 rings (SSSR count). The molecule has 0 radical (unpaired) electrons. The topological polar surface area (TPSA) is 59.4 Å². The molecule has 6 nitrogen and oxygen atoms in total. The number of nitrogens with one attached hydrogen (secondary N) is 1. The molecule has 6 heteroatoms. The Labute approximate surface area is 126 Å². The van der Waals surface area contributed by atoms with Gasteiger partial charge >= 0.3 is 0 Å². The van der Waals surface area contributed by atoms with Gasteiger partial charge in [-0.25, -0.2) is 0 Å². The number of aromatic nitrogens is 2. The van der Waals surface area contributed by atoms with Crippen LogP contribution in [0.3, 0.4) is 0 Å². The maximum atomic E-state index is 12.3. The van der Waals surface area contributed by atoms with Crippen molar-refractivity contribution in [3.8, 4) is 0 Å². The molecule has 1 amide bonds.